The van der Waals surface area contributed by atoms with E-state index in [1.165, 1.54) is 0 Å². The van der Waals surface area contributed by atoms with Gasteiger partial charge in [0, 0.05) is 30.3 Å². The summed E-state index contributed by atoms with van der Waals surface area (Å²) in [5.74, 6) is 1.37. The molecule has 1 heterocycles. The van der Waals surface area contributed by atoms with Crippen molar-refractivity contribution in [2.45, 2.75) is 39.3 Å². The number of anilines is 1. The largest absolute Gasteiger partial charge is 0.366 e. The van der Waals surface area contributed by atoms with Gasteiger partial charge in [-0.1, -0.05) is 32.9 Å². The van der Waals surface area contributed by atoms with E-state index in [1.54, 1.807) is 12.3 Å². The van der Waals surface area contributed by atoms with Gasteiger partial charge in [0.25, 0.3) is 0 Å². The average molecular weight is 316 g/mol. The lowest BCUT2D eigenvalue weighted by Gasteiger charge is -2.17. The third kappa shape index (κ3) is 4.99. The normalized spacial score (nSPS) is 11.8. The van der Waals surface area contributed by atoms with Gasteiger partial charge in [0.05, 0.1) is 0 Å². The molecular weight excluding hydrogens is 291 g/mol. The Morgan fingerprint density at radius 1 is 1.17 bits per heavy atom. The van der Waals surface area contributed by atoms with Crippen molar-refractivity contribution in [1.82, 2.24) is 14.9 Å². The molecular formula is C18H25FN4. The van der Waals surface area contributed by atoms with E-state index in [0.717, 1.165) is 17.2 Å². The third-order valence-electron chi connectivity index (χ3n) is 3.40. The highest BCUT2D eigenvalue weighted by atomic mass is 19.1. The Morgan fingerprint density at radius 2 is 1.91 bits per heavy atom. The molecule has 0 aliphatic rings. The zero-order chi connectivity index (χ0) is 17.0. The van der Waals surface area contributed by atoms with Gasteiger partial charge >= 0.3 is 0 Å². The van der Waals surface area contributed by atoms with E-state index in [9.17, 15) is 4.39 Å². The molecule has 0 fully saturated rings. The van der Waals surface area contributed by atoms with Crippen molar-refractivity contribution < 1.29 is 4.39 Å². The lowest BCUT2D eigenvalue weighted by molar-refractivity contribution is 0.392. The van der Waals surface area contributed by atoms with Crippen molar-refractivity contribution in [3.8, 4) is 0 Å². The second-order valence-corrected chi connectivity index (χ2v) is 7.03. The maximum atomic E-state index is 14.1. The minimum absolute atomic E-state index is 0.0996. The van der Waals surface area contributed by atoms with E-state index in [-0.39, 0.29) is 11.2 Å². The number of rotatable bonds is 5. The van der Waals surface area contributed by atoms with Crippen LogP contribution < -0.4 is 5.32 Å². The molecule has 0 amide bonds. The molecule has 0 aliphatic heterocycles. The van der Waals surface area contributed by atoms with Crippen LogP contribution in [0.5, 0.6) is 0 Å². The summed E-state index contributed by atoms with van der Waals surface area (Å²) in [5, 5.41) is 3.23. The molecule has 1 aromatic carbocycles. The van der Waals surface area contributed by atoms with E-state index in [0.29, 0.717) is 18.7 Å². The van der Waals surface area contributed by atoms with Gasteiger partial charge in [-0.2, -0.15) is 0 Å². The molecule has 5 heteroatoms. The van der Waals surface area contributed by atoms with Gasteiger partial charge in [0.15, 0.2) is 0 Å². The summed E-state index contributed by atoms with van der Waals surface area (Å²) in [5.41, 5.74) is 1.49. The summed E-state index contributed by atoms with van der Waals surface area (Å²) < 4.78 is 14.1. The molecule has 0 unspecified atom stereocenters. The smallest absolute Gasteiger partial charge is 0.135 e. The topological polar surface area (TPSA) is 41.0 Å². The fourth-order valence-electron chi connectivity index (χ4n) is 2.18. The van der Waals surface area contributed by atoms with Gasteiger partial charge < -0.3 is 10.2 Å². The van der Waals surface area contributed by atoms with Crippen molar-refractivity contribution in [3.05, 3.63) is 53.2 Å². The Kier molecular flexibility index (Phi) is 5.31. The van der Waals surface area contributed by atoms with Crippen LogP contribution in [0, 0.1) is 5.82 Å². The molecule has 1 N–H and O–H groups in total. The minimum atomic E-state index is -0.170. The highest BCUT2D eigenvalue weighted by molar-refractivity contribution is 5.36. The summed E-state index contributed by atoms with van der Waals surface area (Å²) in [6.45, 7) is 7.35. The number of nitrogens with zero attached hydrogens (tertiary/aromatic N) is 3. The van der Waals surface area contributed by atoms with E-state index in [4.69, 9.17) is 0 Å². The predicted molar refractivity (Wildman–Crippen MR) is 91.8 cm³/mol. The second kappa shape index (κ2) is 7.04. The molecule has 23 heavy (non-hydrogen) atoms. The highest BCUT2D eigenvalue weighted by Gasteiger charge is 2.17. The predicted octanol–water partition coefficient (Wildman–Crippen LogP) is 3.59. The number of benzene rings is 1. The third-order valence-corrected chi connectivity index (χ3v) is 3.40. The lowest BCUT2D eigenvalue weighted by Crippen LogP contribution is -2.17. The highest BCUT2D eigenvalue weighted by Crippen LogP contribution is 2.19. The van der Waals surface area contributed by atoms with Gasteiger partial charge in [0.1, 0.15) is 17.5 Å². The monoisotopic (exact) mass is 316 g/mol. The van der Waals surface area contributed by atoms with Crippen LogP contribution in [0.1, 0.15) is 37.7 Å². The van der Waals surface area contributed by atoms with Crippen LogP contribution in [0.4, 0.5) is 10.2 Å². The molecule has 0 atom stereocenters. The number of halogens is 1. The van der Waals surface area contributed by atoms with Crippen molar-refractivity contribution in [1.29, 1.82) is 0 Å². The molecule has 0 bridgehead atoms. The van der Waals surface area contributed by atoms with E-state index in [2.05, 4.69) is 36.1 Å². The fourth-order valence-corrected chi connectivity index (χ4v) is 2.18. The maximum absolute atomic E-state index is 14.1. The van der Waals surface area contributed by atoms with Crippen LogP contribution in [0.15, 0.2) is 30.5 Å². The fraction of sp³-hybridized carbons (Fsp3) is 0.444. The second-order valence-electron chi connectivity index (χ2n) is 7.03. The lowest BCUT2D eigenvalue weighted by atomic mass is 9.96. The molecule has 2 aromatic rings. The molecule has 4 nitrogen and oxygen atoms in total. The SMILES string of the molecule is CN(C)Cc1ccc(CNc2ccnc(C(C)(C)C)n2)cc1F. The molecule has 0 saturated carbocycles. The van der Waals surface area contributed by atoms with E-state index < -0.39 is 0 Å². The van der Waals surface area contributed by atoms with Gasteiger partial charge in [-0.05, 0) is 31.8 Å². The van der Waals surface area contributed by atoms with Crippen LogP contribution in [-0.2, 0) is 18.5 Å². The molecule has 0 saturated heterocycles. The zero-order valence-corrected chi connectivity index (χ0v) is 14.5. The van der Waals surface area contributed by atoms with Crippen LogP contribution in [-0.4, -0.2) is 29.0 Å². The van der Waals surface area contributed by atoms with Crippen molar-refractivity contribution in [2.75, 3.05) is 19.4 Å². The van der Waals surface area contributed by atoms with Crippen LogP contribution in [0.3, 0.4) is 0 Å². The van der Waals surface area contributed by atoms with Crippen LogP contribution in [0.25, 0.3) is 0 Å². The Labute approximate surface area is 137 Å². The summed E-state index contributed by atoms with van der Waals surface area (Å²) >= 11 is 0. The molecule has 1 aromatic heterocycles. The van der Waals surface area contributed by atoms with E-state index >= 15 is 0 Å². The Morgan fingerprint density at radius 3 is 2.52 bits per heavy atom. The minimum Gasteiger partial charge on any atom is -0.366 e. The molecule has 0 radical (unpaired) electrons. The average Bonchev–Trinajstić information content (AvgIpc) is 2.47. The number of aromatic nitrogens is 2. The summed E-state index contributed by atoms with van der Waals surface area (Å²) in [4.78, 5) is 10.8. The Hall–Kier alpha value is -2.01. The molecule has 0 aliphatic carbocycles. The van der Waals surface area contributed by atoms with Crippen molar-refractivity contribution in [2.24, 2.45) is 0 Å². The van der Waals surface area contributed by atoms with Gasteiger partial charge in [-0.15, -0.1) is 0 Å². The molecule has 2 rings (SSSR count). The first-order valence-corrected chi connectivity index (χ1v) is 7.75. The Bertz CT molecular complexity index is 662. The van der Waals surface area contributed by atoms with Crippen molar-refractivity contribution >= 4 is 5.82 Å². The summed E-state index contributed by atoms with van der Waals surface area (Å²) in [6.07, 6.45) is 1.75. The first-order valence-electron chi connectivity index (χ1n) is 7.75. The van der Waals surface area contributed by atoms with Gasteiger partial charge in [-0.25, -0.2) is 14.4 Å². The summed E-state index contributed by atoms with van der Waals surface area (Å²) in [6, 6.07) is 7.19. The van der Waals surface area contributed by atoms with E-state index in [1.807, 2.05) is 37.2 Å². The van der Waals surface area contributed by atoms with Crippen LogP contribution >= 0.6 is 0 Å². The molecule has 0 spiro atoms. The summed E-state index contributed by atoms with van der Waals surface area (Å²) in [7, 11) is 3.85. The first-order chi connectivity index (χ1) is 10.8. The van der Waals surface area contributed by atoms with Gasteiger partial charge in [0.2, 0.25) is 0 Å². The standard InChI is InChI=1S/C18H25FN4/c1-18(2,3)17-20-9-8-16(22-17)21-11-13-6-7-14(12-23(4)5)15(19)10-13/h6-10H,11-12H2,1-5H3,(H,20,21,22). The first kappa shape index (κ1) is 17.3. The zero-order valence-electron chi connectivity index (χ0n) is 14.5. The number of nitrogens with one attached hydrogen (secondary N) is 1. The quantitative estimate of drug-likeness (QED) is 0.915. The maximum Gasteiger partial charge on any atom is 0.135 e. The van der Waals surface area contributed by atoms with Gasteiger partial charge in [-0.3, -0.25) is 0 Å². The molecule has 124 valence electrons. The van der Waals surface area contributed by atoms with Crippen LogP contribution in [0.2, 0.25) is 0 Å². The number of hydrogen-bond donors (Lipinski definition) is 1. The van der Waals surface area contributed by atoms with Crippen molar-refractivity contribution in [3.63, 3.8) is 0 Å². The number of hydrogen-bond acceptors (Lipinski definition) is 4. The Balaban J connectivity index is 2.05.